The first-order valence-electron chi connectivity index (χ1n) is 16.9. The number of para-hydroxylation sites is 3. The zero-order chi connectivity index (χ0) is 32.8. The molecule has 11 rings (SSSR count). The summed E-state index contributed by atoms with van der Waals surface area (Å²) in [6.45, 7) is 0. The Morgan fingerprint density at radius 3 is 2.08 bits per heavy atom. The summed E-state index contributed by atoms with van der Waals surface area (Å²) in [6, 6.07) is 61.4. The molecule has 3 aromatic heterocycles. The molecule has 0 fully saturated rings. The molecule has 0 aliphatic heterocycles. The average Bonchev–Trinajstić information content (AvgIpc) is 3.85. The van der Waals surface area contributed by atoms with Gasteiger partial charge in [0.15, 0.2) is 0 Å². The first-order valence-corrected chi connectivity index (χ1v) is 17.7. The Hall–Kier alpha value is -6.36. The number of furan rings is 1. The molecule has 8 aromatic carbocycles. The monoisotopic (exact) mass is 656 g/mol. The van der Waals surface area contributed by atoms with Gasteiger partial charge in [-0.1, -0.05) is 91.0 Å². The Bertz CT molecular complexity index is 3110. The second-order valence-electron chi connectivity index (χ2n) is 12.9. The largest absolute Gasteiger partial charge is 0.456 e. The van der Waals surface area contributed by atoms with E-state index in [1.807, 2.05) is 23.5 Å². The number of hydrogen-bond donors (Lipinski definition) is 0. The van der Waals surface area contributed by atoms with Gasteiger partial charge in [0, 0.05) is 58.8 Å². The van der Waals surface area contributed by atoms with Crippen molar-refractivity contribution in [2.45, 2.75) is 0 Å². The van der Waals surface area contributed by atoms with E-state index < -0.39 is 0 Å². The summed E-state index contributed by atoms with van der Waals surface area (Å²) in [5.74, 6) is 0. The summed E-state index contributed by atoms with van der Waals surface area (Å²) >= 11 is 1.85. The van der Waals surface area contributed by atoms with Crippen molar-refractivity contribution in [3.63, 3.8) is 0 Å². The molecule has 11 aromatic rings. The lowest BCUT2D eigenvalue weighted by atomic mass is 10.0. The number of thiophene rings is 1. The third-order valence-electron chi connectivity index (χ3n) is 10.1. The van der Waals surface area contributed by atoms with Gasteiger partial charge in [-0.25, -0.2) is 0 Å². The lowest BCUT2D eigenvalue weighted by molar-refractivity contribution is 0.669. The van der Waals surface area contributed by atoms with Crippen LogP contribution in [-0.4, -0.2) is 4.57 Å². The Kier molecular flexibility index (Phi) is 5.83. The highest BCUT2D eigenvalue weighted by Crippen LogP contribution is 2.46. The van der Waals surface area contributed by atoms with Gasteiger partial charge in [0.2, 0.25) is 0 Å². The Balaban J connectivity index is 1.22. The van der Waals surface area contributed by atoms with E-state index in [1.54, 1.807) is 0 Å². The maximum Gasteiger partial charge on any atom is 0.136 e. The minimum Gasteiger partial charge on any atom is -0.456 e. The topological polar surface area (TPSA) is 21.3 Å². The standard InChI is InChI=1S/C46H28N2OS/c1-2-11-30(12-3-1)48-38-16-7-4-14-35(38)46-39(17-10-18-40(46)48)47(32-23-26-44-37(28-32)34-13-6-9-20-43(34)50-44)31-22-24-33-29(27-31)21-25-42-45(33)36-15-5-8-19-41(36)49-42/h1-28H. The number of nitrogens with zero attached hydrogens (tertiary/aromatic N) is 2. The van der Waals surface area contributed by atoms with Crippen LogP contribution < -0.4 is 4.90 Å². The first-order chi connectivity index (χ1) is 24.8. The van der Waals surface area contributed by atoms with Crippen LogP contribution in [0.25, 0.3) is 80.4 Å². The molecular weight excluding hydrogens is 629 g/mol. The van der Waals surface area contributed by atoms with Gasteiger partial charge in [-0.2, -0.15) is 0 Å². The van der Waals surface area contributed by atoms with Crippen LogP contribution in [0.1, 0.15) is 0 Å². The molecule has 0 bridgehead atoms. The highest BCUT2D eigenvalue weighted by molar-refractivity contribution is 7.25. The second-order valence-corrected chi connectivity index (χ2v) is 14.0. The molecule has 234 valence electrons. The Labute approximate surface area is 291 Å². The number of rotatable bonds is 4. The van der Waals surface area contributed by atoms with E-state index in [1.165, 1.54) is 52.8 Å². The summed E-state index contributed by atoms with van der Waals surface area (Å²) in [7, 11) is 0. The molecule has 0 saturated carbocycles. The van der Waals surface area contributed by atoms with Gasteiger partial charge < -0.3 is 13.9 Å². The van der Waals surface area contributed by atoms with Gasteiger partial charge in [0.25, 0.3) is 0 Å². The van der Waals surface area contributed by atoms with Gasteiger partial charge in [-0.3, -0.25) is 0 Å². The van der Waals surface area contributed by atoms with E-state index in [4.69, 9.17) is 4.42 Å². The van der Waals surface area contributed by atoms with Gasteiger partial charge >= 0.3 is 0 Å². The van der Waals surface area contributed by atoms with E-state index in [-0.39, 0.29) is 0 Å². The lowest BCUT2D eigenvalue weighted by Gasteiger charge is -2.27. The summed E-state index contributed by atoms with van der Waals surface area (Å²) in [4.78, 5) is 2.45. The van der Waals surface area contributed by atoms with Gasteiger partial charge in [-0.05, 0) is 89.6 Å². The molecule has 3 heterocycles. The summed E-state index contributed by atoms with van der Waals surface area (Å²) in [5.41, 5.74) is 8.71. The van der Waals surface area contributed by atoms with Crippen molar-refractivity contribution in [2.24, 2.45) is 0 Å². The highest BCUT2D eigenvalue weighted by Gasteiger charge is 2.22. The maximum absolute atomic E-state index is 6.26. The maximum atomic E-state index is 6.26. The fourth-order valence-electron chi connectivity index (χ4n) is 8.00. The average molecular weight is 657 g/mol. The fraction of sp³-hybridized carbons (Fsp3) is 0. The third-order valence-corrected chi connectivity index (χ3v) is 11.3. The van der Waals surface area contributed by atoms with E-state index >= 15 is 0 Å². The summed E-state index contributed by atoms with van der Waals surface area (Å²) < 4.78 is 11.3. The number of hydrogen-bond acceptors (Lipinski definition) is 3. The number of benzene rings is 8. The van der Waals surface area contributed by atoms with Crippen molar-refractivity contribution in [1.82, 2.24) is 4.57 Å². The van der Waals surface area contributed by atoms with E-state index in [2.05, 4.69) is 167 Å². The van der Waals surface area contributed by atoms with E-state index in [9.17, 15) is 0 Å². The normalized spacial score (nSPS) is 12.0. The SMILES string of the molecule is c1ccc(-n2c3ccccc3c3c(N(c4ccc5c(ccc6oc7ccccc7c65)c4)c4ccc5sc6ccccc6c5c4)cccc32)cc1. The summed E-state index contributed by atoms with van der Waals surface area (Å²) in [6.07, 6.45) is 0. The molecule has 0 unspecified atom stereocenters. The number of anilines is 3. The molecule has 0 radical (unpaired) electrons. The number of aromatic nitrogens is 1. The molecule has 3 nitrogen and oxygen atoms in total. The van der Waals surface area contributed by atoms with Crippen molar-refractivity contribution in [1.29, 1.82) is 0 Å². The fourth-order valence-corrected chi connectivity index (χ4v) is 9.09. The molecule has 0 amide bonds. The molecule has 4 heteroatoms. The van der Waals surface area contributed by atoms with Gasteiger partial charge in [-0.15, -0.1) is 11.3 Å². The first kappa shape index (κ1) is 27.6. The van der Waals surface area contributed by atoms with Crippen LogP contribution in [0.2, 0.25) is 0 Å². The van der Waals surface area contributed by atoms with Crippen molar-refractivity contribution >= 4 is 103 Å². The van der Waals surface area contributed by atoms with Crippen LogP contribution in [0.5, 0.6) is 0 Å². The molecular formula is C46H28N2OS. The van der Waals surface area contributed by atoms with Crippen LogP contribution in [0.3, 0.4) is 0 Å². The van der Waals surface area contributed by atoms with E-state index in [0.29, 0.717) is 0 Å². The predicted octanol–water partition coefficient (Wildman–Crippen LogP) is 13.7. The quantitative estimate of drug-likeness (QED) is 0.188. The number of fused-ring (bicyclic) bond motifs is 11. The molecule has 50 heavy (non-hydrogen) atoms. The molecule has 0 atom stereocenters. The van der Waals surface area contributed by atoms with Crippen molar-refractivity contribution in [2.75, 3.05) is 4.90 Å². The van der Waals surface area contributed by atoms with Gasteiger partial charge in [0.05, 0.1) is 16.7 Å². The Morgan fingerprint density at radius 2 is 1.16 bits per heavy atom. The molecule has 0 aliphatic rings. The second kappa shape index (κ2) is 10.6. The molecule has 0 aliphatic carbocycles. The minimum atomic E-state index is 0.914. The third kappa shape index (κ3) is 3.97. The van der Waals surface area contributed by atoms with Crippen LogP contribution in [-0.2, 0) is 0 Å². The van der Waals surface area contributed by atoms with Crippen molar-refractivity contribution in [3.8, 4) is 5.69 Å². The molecule has 0 spiro atoms. The highest BCUT2D eigenvalue weighted by atomic mass is 32.1. The molecule has 0 saturated heterocycles. The van der Waals surface area contributed by atoms with Crippen molar-refractivity contribution in [3.05, 3.63) is 170 Å². The van der Waals surface area contributed by atoms with Crippen LogP contribution in [0.4, 0.5) is 17.1 Å². The smallest absolute Gasteiger partial charge is 0.136 e. The van der Waals surface area contributed by atoms with Gasteiger partial charge in [0.1, 0.15) is 11.2 Å². The lowest BCUT2D eigenvalue weighted by Crippen LogP contribution is -2.10. The van der Waals surface area contributed by atoms with E-state index in [0.717, 1.165) is 44.7 Å². The zero-order valence-corrected chi connectivity index (χ0v) is 27.7. The van der Waals surface area contributed by atoms with Crippen LogP contribution in [0.15, 0.2) is 174 Å². The van der Waals surface area contributed by atoms with Crippen molar-refractivity contribution < 1.29 is 4.42 Å². The predicted molar refractivity (Wildman–Crippen MR) is 213 cm³/mol. The summed E-state index contributed by atoms with van der Waals surface area (Å²) in [5, 5.41) is 9.68. The molecule has 0 N–H and O–H groups in total. The zero-order valence-electron chi connectivity index (χ0n) is 26.9. The van der Waals surface area contributed by atoms with Crippen LogP contribution >= 0.6 is 11.3 Å². The Morgan fingerprint density at radius 1 is 0.440 bits per heavy atom. The van der Waals surface area contributed by atoms with Crippen LogP contribution in [0, 0.1) is 0 Å². The minimum absolute atomic E-state index is 0.914.